The van der Waals surface area contributed by atoms with Gasteiger partial charge in [0.1, 0.15) is 0 Å². The minimum absolute atomic E-state index is 0. The first-order valence-electron chi connectivity index (χ1n) is 5.48. The average Bonchev–Trinajstić information content (AvgIpc) is 3.01. The quantitative estimate of drug-likeness (QED) is 0.401. The van der Waals surface area contributed by atoms with Gasteiger partial charge in [0.25, 0.3) is 0 Å². The van der Waals surface area contributed by atoms with Crippen molar-refractivity contribution in [3.8, 4) is 0 Å². The molecular weight excluding hydrogens is 457 g/mol. The number of nitrogens with zero attached hydrogens (tertiary/aromatic N) is 1. The van der Waals surface area contributed by atoms with Crippen LogP contribution in [0.25, 0.3) is 0 Å². The van der Waals surface area contributed by atoms with Crippen molar-refractivity contribution in [2.45, 2.75) is 13.1 Å². The number of halogens is 2. The van der Waals surface area contributed by atoms with Crippen molar-refractivity contribution < 1.29 is 0 Å². The van der Waals surface area contributed by atoms with Gasteiger partial charge in [0, 0.05) is 18.5 Å². The van der Waals surface area contributed by atoms with Gasteiger partial charge in [0.05, 0.1) is 10.3 Å². The van der Waals surface area contributed by atoms with Crippen molar-refractivity contribution in [3.63, 3.8) is 0 Å². The smallest absolute Gasteiger partial charge is 0.191 e. The third-order valence-corrected chi connectivity index (χ3v) is 4.68. The molecule has 0 radical (unpaired) electrons. The lowest BCUT2D eigenvalue weighted by atomic mass is 10.3. The molecule has 2 aromatic heterocycles. The van der Waals surface area contributed by atoms with Crippen LogP contribution in [0.4, 0.5) is 0 Å². The van der Waals surface area contributed by atoms with E-state index in [1.54, 1.807) is 29.7 Å². The fourth-order valence-corrected chi connectivity index (χ4v) is 3.51. The van der Waals surface area contributed by atoms with Gasteiger partial charge in [-0.15, -0.1) is 35.3 Å². The van der Waals surface area contributed by atoms with E-state index in [4.69, 9.17) is 0 Å². The summed E-state index contributed by atoms with van der Waals surface area (Å²) in [6, 6.07) is 6.28. The fourth-order valence-electron chi connectivity index (χ4n) is 1.42. The molecule has 0 saturated heterocycles. The summed E-state index contributed by atoms with van der Waals surface area (Å²) in [5, 5.41) is 10.8. The highest BCUT2D eigenvalue weighted by atomic mass is 127. The first kappa shape index (κ1) is 16.9. The van der Waals surface area contributed by atoms with E-state index in [2.05, 4.69) is 60.5 Å². The van der Waals surface area contributed by atoms with Crippen LogP contribution >= 0.6 is 62.6 Å². The Kier molecular flexibility index (Phi) is 7.96. The van der Waals surface area contributed by atoms with Gasteiger partial charge >= 0.3 is 0 Å². The molecule has 0 aliphatic rings. The van der Waals surface area contributed by atoms with Crippen molar-refractivity contribution in [2.24, 2.45) is 4.99 Å². The number of aliphatic imine (C=N–C) groups is 1. The maximum absolute atomic E-state index is 4.20. The minimum Gasteiger partial charge on any atom is -0.352 e. The largest absolute Gasteiger partial charge is 0.352 e. The molecule has 0 bridgehead atoms. The second kappa shape index (κ2) is 8.93. The molecule has 19 heavy (non-hydrogen) atoms. The van der Waals surface area contributed by atoms with E-state index in [0.29, 0.717) is 0 Å². The van der Waals surface area contributed by atoms with E-state index < -0.39 is 0 Å². The Hall–Kier alpha value is -0.120. The zero-order valence-electron chi connectivity index (χ0n) is 10.4. The van der Waals surface area contributed by atoms with Crippen LogP contribution in [0.3, 0.4) is 0 Å². The van der Waals surface area contributed by atoms with E-state index in [9.17, 15) is 0 Å². The summed E-state index contributed by atoms with van der Waals surface area (Å²) in [4.78, 5) is 5.48. The van der Waals surface area contributed by atoms with E-state index >= 15 is 0 Å². The SMILES string of the molecule is CN=C(NCc1ccsc1)NCc1ccc(Br)s1.I. The molecule has 0 atom stereocenters. The predicted molar refractivity (Wildman–Crippen MR) is 98.8 cm³/mol. The van der Waals surface area contributed by atoms with Crippen LogP contribution in [0.5, 0.6) is 0 Å². The molecule has 2 rings (SSSR count). The summed E-state index contributed by atoms with van der Waals surface area (Å²) in [7, 11) is 1.79. The lowest BCUT2D eigenvalue weighted by molar-refractivity contribution is 0.817. The van der Waals surface area contributed by atoms with Crippen molar-refractivity contribution in [1.82, 2.24) is 10.6 Å². The fraction of sp³-hybridized carbons (Fsp3) is 0.250. The molecule has 0 amide bonds. The summed E-state index contributed by atoms with van der Waals surface area (Å²) < 4.78 is 1.15. The average molecular weight is 472 g/mol. The van der Waals surface area contributed by atoms with Crippen molar-refractivity contribution in [3.05, 3.63) is 43.2 Å². The monoisotopic (exact) mass is 471 g/mol. The molecule has 2 N–H and O–H groups in total. The topological polar surface area (TPSA) is 36.4 Å². The molecule has 0 aromatic carbocycles. The zero-order valence-corrected chi connectivity index (χ0v) is 15.9. The molecule has 0 fully saturated rings. The molecular formula is C12H15BrIN3S2. The van der Waals surface area contributed by atoms with E-state index in [1.165, 1.54) is 10.4 Å². The Morgan fingerprint density at radius 3 is 2.63 bits per heavy atom. The number of hydrogen-bond acceptors (Lipinski definition) is 3. The van der Waals surface area contributed by atoms with Gasteiger partial charge in [-0.05, 0) is 50.5 Å². The Labute approximate surface area is 146 Å². The van der Waals surface area contributed by atoms with Crippen LogP contribution < -0.4 is 10.6 Å². The number of guanidine groups is 1. The highest BCUT2D eigenvalue weighted by Crippen LogP contribution is 2.21. The van der Waals surface area contributed by atoms with Crippen LogP contribution in [0, 0.1) is 0 Å². The number of rotatable bonds is 4. The lowest BCUT2D eigenvalue weighted by Crippen LogP contribution is -2.36. The molecule has 0 unspecified atom stereocenters. The normalized spacial score (nSPS) is 10.9. The minimum atomic E-state index is 0. The molecule has 0 aliphatic heterocycles. The Morgan fingerprint density at radius 1 is 1.26 bits per heavy atom. The van der Waals surface area contributed by atoms with E-state index in [0.717, 1.165) is 22.8 Å². The van der Waals surface area contributed by atoms with Crippen molar-refractivity contribution in [1.29, 1.82) is 0 Å². The van der Waals surface area contributed by atoms with Gasteiger partial charge in [0.15, 0.2) is 5.96 Å². The standard InChI is InChI=1S/C12H14BrN3S2.HI/c1-14-12(15-6-9-4-5-17-8-9)16-7-10-2-3-11(13)18-10;/h2-5,8H,6-7H2,1H3,(H2,14,15,16);1H. The molecule has 7 heteroatoms. The molecule has 2 aromatic rings. The Morgan fingerprint density at radius 2 is 2.05 bits per heavy atom. The third kappa shape index (κ3) is 5.80. The van der Waals surface area contributed by atoms with Gasteiger partial charge in [-0.1, -0.05) is 0 Å². The van der Waals surface area contributed by atoms with Crippen LogP contribution in [-0.4, -0.2) is 13.0 Å². The molecule has 104 valence electrons. The van der Waals surface area contributed by atoms with Gasteiger partial charge in [-0.3, -0.25) is 4.99 Å². The van der Waals surface area contributed by atoms with Gasteiger partial charge < -0.3 is 10.6 Å². The molecule has 3 nitrogen and oxygen atoms in total. The first-order chi connectivity index (χ1) is 8.78. The van der Waals surface area contributed by atoms with Gasteiger partial charge in [0.2, 0.25) is 0 Å². The lowest BCUT2D eigenvalue weighted by Gasteiger charge is -2.10. The van der Waals surface area contributed by atoms with Crippen LogP contribution in [0.15, 0.2) is 37.7 Å². The van der Waals surface area contributed by atoms with Crippen molar-refractivity contribution >= 4 is 68.5 Å². The third-order valence-electron chi connectivity index (χ3n) is 2.32. The summed E-state index contributed by atoms with van der Waals surface area (Å²) in [6.07, 6.45) is 0. The van der Waals surface area contributed by atoms with Gasteiger partial charge in [-0.25, -0.2) is 0 Å². The number of nitrogens with one attached hydrogen (secondary N) is 2. The number of thiophene rings is 2. The van der Waals surface area contributed by atoms with Crippen LogP contribution in [0.1, 0.15) is 10.4 Å². The Bertz CT molecular complexity index is 511. The summed E-state index contributed by atoms with van der Waals surface area (Å²) in [6.45, 7) is 1.59. The zero-order chi connectivity index (χ0) is 12.8. The predicted octanol–water partition coefficient (Wildman–Crippen LogP) is 4.06. The highest BCUT2D eigenvalue weighted by Gasteiger charge is 2.01. The molecule has 0 aliphatic carbocycles. The second-order valence-electron chi connectivity index (χ2n) is 3.62. The van der Waals surface area contributed by atoms with Gasteiger partial charge in [-0.2, -0.15) is 11.3 Å². The Balaban J connectivity index is 0.00000180. The van der Waals surface area contributed by atoms with Crippen molar-refractivity contribution in [2.75, 3.05) is 7.05 Å². The summed E-state index contributed by atoms with van der Waals surface area (Å²) >= 11 is 6.90. The van der Waals surface area contributed by atoms with E-state index in [-0.39, 0.29) is 24.0 Å². The molecule has 0 spiro atoms. The van der Waals surface area contributed by atoms with Crippen LogP contribution in [0.2, 0.25) is 0 Å². The molecule has 0 saturated carbocycles. The highest BCUT2D eigenvalue weighted by molar-refractivity contribution is 14.0. The first-order valence-corrected chi connectivity index (χ1v) is 8.03. The molecule has 2 heterocycles. The second-order valence-corrected chi connectivity index (χ2v) is 6.94. The maximum Gasteiger partial charge on any atom is 0.191 e. The maximum atomic E-state index is 4.20. The summed E-state index contributed by atoms with van der Waals surface area (Å²) in [5.41, 5.74) is 1.28. The summed E-state index contributed by atoms with van der Waals surface area (Å²) in [5.74, 6) is 0.825. The number of hydrogen-bond donors (Lipinski definition) is 2. The van der Waals surface area contributed by atoms with Crippen LogP contribution in [-0.2, 0) is 13.1 Å². The van der Waals surface area contributed by atoms with E-state index in [1.807, 2.05) is 0 Å².